The van der Waals surface area contributed by atoms with Crippen LogP contribution < -0.4 is 10.6 Å². The Labute approximate surface area is 161 Å². The molecule has 2 aromatic carbocycles. The summed E-state index contributed by atoms with van der Waals surface area (Å²) in [5.74, 6) is -0.187. The molecule has 0 aliphatic carbocycles. The number of hydrogen-bond acceptors (Lipinski definition) is 4. The van der Waals surface area contributed by atoms with Gasteiger partial charge in [0.1, 0.15) is 11.4 Å². The van der Waals surface area contributed by atoms with E-state index in [9.17, 15) is 13.2 Å². The predicted octanol–water partition coefficient (Wildman–Crippen LogP) is 6.24. The molecule has 0 saturated heterocycles. The highest BCUT2D eigenvalue weighted by Crippen LogP contribution is 2.36. The lowest BCUT2D eigenvalue weighted by molar-refractivity contribution is -0.137. The average Bonchev–Trinajstić information content (AvgIpc) is 2.65. The second-order valence-corrected chi connectivity index (χ2v) is 6.48. The molecule has 1 aromatic heterocycles. The topological polar surface area (TPSA) is 49.8 Å². The molecule has 28 heavy (non-hydrogen) atoms. The quantitative estimate of drug-likeness (QED) is 0.526. The van der Waals surface area contributed by atoms with Crippen LogP contribution in [0.4, 0.5) is 36.3 Å². The van der Waals surface area contributed by atoms with Gasteiger partial charge in [0, 0.05) is 17.6 Å². The van der Waals surface area contributed by atoms with Crippen molar-refractivity contribution in [2.75, 3.05) is 10.6 Å². The smallest absolute Gasteiger partial charge is 0.339 e. The number of rotatable bonds is 6. The molecule has 1 heterocycles. The van der Waals surface area contributed by atoms with E-state index in [1.54, 1.807) is 12.1 Å². The molecule has 7 heteroatoms. The van der Waals surface area contributed by atoms with Crippen LogP contribution in [-0.4, -0.2) is 9.97 Å². The highest BCUT2D eigenvalue weighted by molar-refractivity contribution is 5.65. The van der Waals surface area contributed by atoms with Gasteiger partial charge in [0.2, 0.25) is 5.95 Å². The first kappa shape index (κ1) is 19.7. The molecule has 0 unspecified atom stereocenters. The summed E-state index contributed by atoms with van der Waals surface area (Å²) in [6, 6.07) is 14.7. The number of para-hydroxylation sites is 1. The number of nitrogens with zero attached hydrogens (tertiary/aromatic N) is 2. The van der Waals surface area contributed by atoms with E-state index in [4.69, 9.17) is 0 Å². The summed E-state index contributed by atoms with van der Waals surface area (Å²) in [6.07, 6.45) is -2.13. The van der Waals surface area contributed by atoms with Crippen LogP contribution in [0.1, 0.15) is 30.0 Å². The summed E-state index contributed by atoms with van der Waals surface area (Å²) < 4.78 is 40.4. The lowest BCUT2D eigenvalue weighted by atomic mass is 10.1. The van der Waals surface area contributed by atoms with E-state index in [-0.39, 0.29) is 11.8 Å². The van der Waals surface area contributed by atoms with Crippen LogP contribution in [0.3, 0.4) is 0 Å². The van der Waals surface area contributed by atoms with Crippen molar-refractivity contribution in [2.45, 2.75) is 32.9 Å². The summed E-state index contributed by atoms with van der Waals surface area (Å²) in [7, 11) is 0. The van der Waals surface area contributed by atoms with E-state index < -0.39 is 11.7 Å². The minimum atomic E-state index is -4.57. The molecule has 0 fully saturated rings. The van der Waals surface area contributed by atoms with Gasteiger partial charge in [-0.15, -0.1) is 0 Å². The number of nitrogens with one attached hydrogen (secondary N) is 2. The second-order valence-electron chi connectivity index (χ2n) is 6.48. The molecule has 0 radical (unpaired) electrons. The molecule has 0 atom stereocenters. The van der Waals surface area contributed by atoms with Crippen LogP contribution in [0.15, 0.2) is 54.7 Å². The van der Waals surface area contributed by atoms with Crippen molar-refractivity contribution in [3.63, 3.8) is 0 Å². The minimum absolute atomic E-state index is 0.0901. The van der Waals surface area contributed by atoms with Crippen molar-refractivity contribution < 1.29 is 13.2 Å². The highest BCUT2D eigenvalue weighted by atomic mass is 19.4. The molecule has 0 aliphatic heterocycles. The first-order valence-electron chi connectivity index (χ1n) is 8.99. The fourth-order valence-electron chi connectivity index (χ4n) is 2.77. The molecule has 3 aromatic rings. The van der Waals surface area contributed by atoms with Gasteiger partial charge in [0.15, 0.2) is 0 Å². The van der Waals surface area contributed by atoms with Gasteiger partial charge >= 0.3 is 6.18 Å². The number of alkyl halides is 3. The number of anilines is 4. The first-order chi connectivity index (χ1) is 13.4. The van der Waals surface area contributed by atoms with Gasteiger partial charge in [-0.3, -0.25) is 0 Å². The monoisotopic (exact) mass is 386 g/mol. The largest absolute Gasteiger partial charge is 0.421 e. The Morgan fingerprint density at radius 2 is 1.68 bits per heavy atom. The Morgan fingerprint density at radius 1 is 0.964 bits per heavy atom. The summed E-state index contributed by atoms with van der Waals surface area (Å²) in [5.41, 5.74) is 2.41. The van der Waals surface area contributed by atoms with Crippen LogP contribution in [0.5, 0.6) is 0 Å². The highest BCUT2D eigenvalue weighted by Gasteiger charge is 2.35. The number of aromatic nitrogens is 2. The lowest BCUT2D eigenvalue weighted by Gasteiger charge is -2.16. The van der Waals surface area contributed by atoms with Gasteiger partial charge in [0.25, 0.3) is 0 Å². The standard InChI is InChI=1S/C21H21F3N4/c1-3-6-15-7-4-5-8-18(15)27-19-17(21(22,23)24)13-25-20(28-19)26-16-11-9-14(2)10-12-16/h4-5,7-13H,3,6H2,1-2H3,(H2,25,26,27,28). The Morgan fingerprint density at radius 3 is 2.36 bits per heavy atom. The normalized spacial score (nSPS) is 11.3. The number of hydrogen-bond donors (Lipinski definition) is 2. The SMILES string of the molecule is CCCc1ccccc1Nc1nc(Nc2ccc(C)cc2)ncc1C(F)(F)F. The Bertz CT molecular complexity index is 937. The fraction of sp³-hybridized carbons (Fsp3) is 0.238. The zero-order valence-electron chi connectivity index (χ0n) is 15.6. The molecule has 0 bridgehead atoms. The maximum absolute atomic E-state index is 13.5. The minimum Gasteiger partial charge on any atom is -0.339 e. The number of benzene rings is 2. The zero-order valence-corrected chi connectivity index (χ0v) is 15.6. The molecule has 4 nitrogen and oxygen atoms in total. The molecule has 2 N–H and O–H groups in total. The van der Waals surface area contributed by atoms with E-state index in [1.165, 1.54) is 0 Å². The molecular weight excluding hydrogens is 365 g/mol. The zero-order chi connectivity index (χ0) is 20.1. The lowest BCUT2D eigenvalue weighted by Crippen LogP contribution is -2.13. The molecular formula is C21H21F3N4. The van der Waals surface area contributed by atoms with Crippen molar-refractivity contribution in [3.05, 3.63) is 71.4 Å². The molecule has 146 valence electrons. The van der Waals surface area contributed by atoms with Gasteiger partial charge in [-0.2, -0.15) is 18.2 Å². The van der Waals surface area contributed by atoms with Crippen LogP contribution >= 0.6 is 0 Å². The third-order valence-corrected chi connectivity index (χ3v) is 4.19. The van der Waals surface area contributed by atoms with Gasteiger partial charge in [0.05, 0.1) is 0 Å². The van der Waals surface area contributed by atoms with Gasteiger partial charge < -0.3 is 10.6 Å². The van der Waals surface area contributed by atoms with Gasteiger partial charge in [-0.1, -0.05) is 49.2 Å². The summed E-state index contributed by atoms with van der Waals surface area (Å²) in [6.45, 7) is 3.97. The molecule has 3 rings (SSSR count). The van der Waals surface area contributed by atoms with Crippen molar-refractivity contribution in [2.24, 2.45) is 0 Å². The van der Waals surface area contributed by atoms with Crippen molar-refractivity contribution in [1.82, 2.24) is 9.97 Å². The third kappa shape index (κ3) is 4.79. The molecule has 0 aliphatic rings. The van der Waals surface area contributed by atoms with E-state index in [0.29, 0.717) is 11.4 Å². The van der Waals surface area contributed by atoms with Gasteiger partial charge in [-0.25, -0.2) is 4.98 Å². The van der Waals surface area contributed by atoms with Crippen molar-refractivity contribution in [3.8, 4) is 0 Å². The maximum Gasteiger partial charge on any atom is 0.421 e. The Balaban J connectivity index is 1.96. The van der Waals surface area contributed by atoms with Crippen LogP contribution in [0.25, 0.3) is 0 Å². The molecule has 0 saturated carbocycles. The maximum atomic E-state index is 13.5. The fourth-order valence-corrected chi connectivity index (χ4v) is 2.77. The first-order valence-corrected chi connectivity index (χ1v) is 8.99. The number of aryl methyl sites for hydroxylation is 2. The van der Waals surface area contributed by atoms with Crippen molar-refractivity contribution >= 4 is 23.1 Å². The van der Waals surface area contributed by atoms with Crippen LogP contribution in [0, 0.1) is 6.92 Å². The van der Waals surface area contributed by atoms with Gasteiger partial charge in [-0.05, 0) is 37.1 Å². The third-order valence-electron chi connectivity index (χ3n) is 4.19. The second kappa shape index (κ2) is 8.29. The van der Waals surface area contributed by atoms with Crippen LogP contribution in [-0.2, 0) is 12.6 Å². The summed E-state index contributed by atoms with van der Waals surface area (Å²) in [4.78, 5) is 7.94. The van der Waals surface area contributed by atoms with Crippen molar-refractivity contribution in [1.29, 1.82) is 0 Å². The Kier molecular flexibility index (Phi) is 5.82. The Hall–Kier alpha value is -3.09. The van der Waals surface area contributed by atoms with E-state index in [2.05, 4.69) is 20.6 Å². The predicted molar refractivity (Wildman–Crippen MR) is 105 cm³/mol. The van der Waals surface area contributed by atoms with E-state index >= 15 is 0 Å². The van der Waals surface area contributed by atoms with E-state index in [1.807, 2.05) is 50.2 Å². The molecule has 0 spiro atoms. The molecule has 0 amide bonds. The number of halogens is 3. The van der Waals surface area contributed by atoms with Crippen LogP contribution in [0.2, 0.25) is 0 Å². The van der Waals surface area contributed by atoms with E-state index in [0.717, 1.165) is 30.2 Å². The average molecular weight is 386 g/mol. The summed E-state index contributed by atoms with van der Waals surface area (Å²) in [5, 5.41) is 5.80. The summed E-state index contributed by atoms with van der Waals surface area (Å²) >= 11 is 0.